The first-order chi connectivity index (χ1) is 6.72. The van der Waals surface area contributed by atoms with Crippen molar-refractivity contribution in [2.45, 2.75) is 25.9 Å². The molecule has 1 aromatic carbocycles. The van der Waals surface area contributed by atoms with Gasteiger partial charge < -0.3 is 5.73 Å². The SMILES string of the molecule is Cc1cccc2c1C[C@H](CN)N(C)C2. The number of rotatable bonds is 1. The number of likely N-dealkylation sites (N-methyl/N-ethyl adjacent to an activating group) is 1. The average molecular weight is 190 g/mol. The van der Waals surface area contributed by atoms with E-state index in [0.29, 0.717) is 6.04 Å². The van der Waals surface area contributed by atoms with Crippen LogP contribution >= 0.6 is 0 Å². The van der Waals surface area contributed by atoms with Crippen LogP contribution in [0.3, 0.4) is 0 Å². The Bertz CT molecular complexity index is 333. The first-order valence-corrected chi connectivity index (χ1v) is 5.20. The molecule has 1 atom stereocenters. The smallest absolute Gasteiger partial charge is 0.0259 e. The van der Waals surface area contributed by atoms with Gasteiger partial charge in [-0.1, -0.05) is 18.2 Å². The van der Waals surface area contributed by atoms with Crippen molar-refractivity contribution in [1.82, 2.24) is 4.90 Å². The summed E-state index contributed by atoms with van der Waals surface area (Å²) in [5, 5.41) is 0. The van der Waals surface area contributed by atoms with E-state index in [1.54, 1.807) is 0 Å². The van der Waals surface area contributed by atoms with E-state index >= 15 is 0 Å². The molecule has 0 aliphatic carbocycles. The Morgan fingerprint density at radius 1 is 1.50 bits per heavy atom. The molecule has 76 valence electrons. The molecule has 2 nitrogen and oxygen atoms in total. The molecule has 14 heavy (non-hydrogen) atoms. The van der Waals surface area contributed by atoms with Gasteiger partial charge in [-0.2, -0.15) is 0 Å². The molecule has 0 fully saturated rings. The van der Waals surface area contributed by atoms with Gasteiger partial charge in [-0.25, -0.2) is 0 Å². The second-order valence-corrected chi connectivity index (χ2v) is 4.22. The van der Waals surface area contributed by atoms with Crippen molar-refractivity contribution in [2.24, 2.45) is 5.73 Å². The van der Waals surface area contributed by atoms with E-state index in [1.807, 2.05) is 0 Å². The summed E-state index contributed by atoms with van der Waals surface area (Å²) in [4.78, 5) is 2.35. The average Bonchev–Trinajstić information content (AvgIpc) is 2.17. The van der Waals surface area contributed by atoms with E-state index in [1.165, 1.54) is 16.7 Å². The van der Waals surface area contributed by atoms with Crippen LogP contribution in [0.15, 0.2) is 18.2 Å². The van der Waals surface area contributed by atoms with E-state index in [9.17, 15) is 0 Å². The topological polar surface area (TPSA) is 29.3 Å². The predicted octanol–water partition coefficient (Wildman–Crippen LogP) is 1.31. The third-order valence-electron chi connectivity index (χ3n) is 3.26. The maximum atomic E-state index is 5.76. The maximum Gasteiger partial charge on any atom is 0.0259 e. The van der Waals surface area contributed by atoms with E-state index in [0.717, 1.165) is 19.5 Å². The van der Waals surface area contributed by atoms with Crippen LogP contribution < -0.4 is 5.73 Å². The van der Waals surface area contributed by atoms with Crippen molar-refractivity contribution in [2.75, 3.05) is 13.6 Å². The van der Waals surface area contributed by atoms with Gasteiger partial charge in [0.25, 0.3) is 0 Å². The van der Waals surface area contributed by atoms with Crippen LogP contribution in [-0.4, -0.2) is 24.5 Å². The van der Waals surface area contributed by atoms with E-state index in [2.05, 4.69) is 37.1 Å². The second-order valence-electron chi connectivity index (χ2n) is 4.22. The lowest BCUT2D eigenvalue weighted by molar-refractivity contribution is 0.220. The largest absolute Gasteiger partial charge is 0.329 e. The zero-order valence-electron chi connectivity index (χ0n) is 8.96. The summed E-state index contributed by atoms with van der Waals surface area (Å²) >= 11 is 0. The van der Waals surface area contributed by atoms with Crippen LogP contribution in [0.5, 0.6) is 0 Å². The molecule has 0 spiro atoms. The van der Waals surface area contributed by atoms with Crippen molar-refractivity contribution in [1.29, 1.82) is 0 Å². The normalized spacial score (nSPS) is 22.1. The zero-order valence-corrected chi connectivity index (χ0v) is 8.96. The molecule has 1 aliphatic rings. The Morgan fingerprint density at radius 3 is 3.00 bits per heavy atom. The van der Waals surface area contributed by atoms with Gasteiger partial charge in [0.15, 0.2) is 0 Å². The number of hydrogen-bond acceptors (Lipinski definition) is 2. The highest BCUT2D eigenvalue weighted by Crippen LogP contribution is 2.24. The molecule has 0 amide bonds. The molecule has 1 aromatic rings. The minimum absolute atomic E-state index is 0.517. The molecule has 1 aliphatic heterocycles. The lowest BCUT2D eigenvalue weighted by Crippen LogP contribution is -2.42. The first kappa shape index (κ1) is 9.69. The highest BCUT2D eigenvalue weighted by Gasteiger charge is 2.22. The number of nitrogens with zero attached hydrogens (tertiary/aromatic N) is 1. The molecule has 2 heteroatoms. The van der Waals surface area contributed by atoms with Crippen LogP contribution in [0.1, 0.15) is 16.7 Å². The van der Waals surface area contributed by atoms with Gasteiger partial charge in [0.2, 0.25) is 0 Å². The van der Waals surface area contributed by atoms with Gasteiger partial charge in [-0.05, 0) is 37.1 Å². The molecular formula is C12H18N2. The Hall–Kier alpha value is -0.860. The fourth-order valence-electron chi connectivity index (χ4n) is 2.26. The third-order valence-corrected chi connectivity index (χ3v) is 3.26. The Kier molecular flexibility index (Phi) is 2.57. The van der Waals surface area contributed by atoms with Crippen LogP contribution in [0.4, 0.5) is 0 Å². The lowest BCUT2D eigenvalue weighted by Gasteiger charge is -2.34. The Morgan fingerprint density at radius 2 is 2.29 bits per heavy atom. The first-order valence-electron chi connectivity index (χ1n) is 5.20. The molecule has 2 N–H and O–H groups in total. The molecular weight excluding hydrogens is 172 g/mol. The molecule has 0 saturated heterocycles. The van der Waals surface area contributed by atoms with Gasteiger partial charge >= 0.3 is 0 Å². The van der Waals surface area contributed by atoms with E-state index < -0.39 is 0 Å². The zero-order chi connectivity index (χ0) is 10.1. The van der Waals surface area contributed by atoms with Crippen LogP contribution in [0, 0.1) is 6.92 Å². The highest BCUT2D eigenvalue weighted by atomic mass is 15.1. The number of hydrogen-bond donors (Lipinski definition) is 1. The summed E-state index contributed by atoms with van der Waals surface area (Å²) in [5.74, 6) is 0. The summed E-state index contributed by atoms with van der Waals surface area (Å²) in [6.07, 6.45) is 1.11. The van der Waals surface area contributed by atoms with E-state index in [4.69, 9.17) is 5.73 Å². The molecule has 0 unspecified atom stereocenters. The third kappa shape index (κ3) is 1.56. The van der Waals surface area contributed by atoms with Gasteiger partial charge in [0, 0.05) is 19.1 Å². The molecule has 0 saturated carbocycles. The number of fused-ring (bicyclic) bond motifs is 1. The minimum atomic E-state index is 0.517. The van der Waals surface area contributed by atoms with Gasteiger partial charge in [-0.3, -0.25) is 4.90 Å². The maximum absolute atomic E-state index is 5.76. The molecule has 0 aromatic heterocycles. The van der Waals surface area contributed by atoms with Crippen molar-refractivity contribution in [3.63, 3.8) is 0 Å². The number of aryl methyl sites for hydroxylation is 1. The minimum Gasteiger partial charge on any atom is -0.329 e. The summed E-state index contributed by atoms with van der Waals surface area (Å²) in [6.45, 7) is 3.99. The molecule has 0 bridgehead atoms. The van der Waals surface area contributed by atoms with Crippen LogP contribution in [0.25, 0.3) is 0 Å². The summed E-state index contributed by atoms with van der Waals surface area (Å²) in [6, 6.07) is 7.08. The summed E-state index contributed by atoms with van der Waals surface area (Å²) in [7, 11) is 2.16. The Labute approximate surface area is 85.7 Å². The summed E-state index contributed by atoms with van der Waals surface area (Å²) < 4.78 is 0. The quantitative estimate of drug-likeness (QED) is 0.723. The molecule has 1 heterocycles. The van der Waals surface area contributed by atoms with Crippen molar-refractivity contribution < 1.29 is 0 Å². The van der Waals surface area contributed by atoms with Crippen LogP contribution in [0.2, 0.25) is 0 Å². The monoisotopic (exact) mass is 190 g/mol. The number of benzene rings is 1. The van der Waals surface area contributed by atoms with Crippen LogP contribution in [-0.2, 0) is 13.0 Å². The predicted molar refractivity (Wildman–Crippen MR) is 59.2 cm³/mol. The fourth-order valence-corrected chi connectivity index (χ4v) is 2.26. The molecule has 2 rings (SSSR count). The standard InChI is InChI=1S/C12H18N2/c1-9-4-3-5-10-8-14(2)11(7-13)6-12(9)10/h3-5,11H,6-8,13H2,1-2H3/t11-/m1/s1. The fraction of sp³-hybridized carbons (Fsp3) is 0.500. The highest BCUT2D eigenvalue weighted by molar-refractivity contribution is 5.36. The van der Waals surface area contributed by atoms with Crippen molar-refractivity contribution >= 4 is 0 Å². The van der Waals surface area contributed by atoms with Gasteiger partial charge in [0.05, 0.1) is 0 Å². The van der Waals surface area contributed by atoms with Gasteiger partial charge in [0.1, 0.15) is 0 Å². The molecule has 0 radical (unpaired) electrons. The second kappa shape index (κ2) is 3.71. The van der Waals surface area contributed by atoms with Crippen molar-refractivity contribution in [3.05, 3.63) is 34.9 Å². The number of nitrogens with two attached hydrogens (primary N) is 1. The van der Waals surface area contributed by atoms with E-state index in [-0.39, 0.29) is 0 Å². The summed E-state index contributed by atoms with van der Waals surface area (Å²) in [5.41, 5.74) is 10.2. The Balaban J connectivity index is 2.36. The lowest BCUT2D eigenvalue weighted by atomic mass is 9.91. The van der Waals surface area contributed by atoms with Crippen molar-refractivity contribution in [3.8, 4) is 0 Å². The van der Waals surface area contributed by atoms with Gasteiger partial charge in [-0.15, -0.1) is 0 Å².